The van der Waals surface area contributed by atoms with E-state index >= 15 is 0 Å². The molecule has 1 aliphatic rings. The molecular formula is C3H8N2O2S. The zero-order valence-electron chi connectivity index (χ0n) is 4.51. The lowest BCUT2D eigenvalue weighted by Gasteiger charge is -1.92. The van der Waals surface area contributed by atoms with Crippen molar-refractivity contribution in [2.75, 3.05) is 6.54 Å². The molecule has 0 saturated carbocycles. The number of hydrogen-bond donors (Lipinski definition) is 2. The van der Waals surface area contributed by atoms with Gasteiger partial charge in [-0.15, -0.1) is 0 Å². The Balaban J connectivity index is 2.71. The fourth-order valence-electron chi connectivity index (χ4n) is 0.583. The third-order valence-electron chi connectivity index (χ3n) is 0.936. The maximum absolute atomic E-state index is 10.4. The van der Waals surface area contributed by atoms with E-state index < -0.39 is 10.2 Å². The molecule has 1 heterocycles. The molecule has 1 fully saturated rings. The number of rotatable bonds is 0. The predicted octanol–water partition coefficient (Wildman–Crippen LogP) is -1.19. The fourth-order valence-corrected chi connectivity index (χ4v) is 1.75. The first-order valence-corrected chi connectivity index (χ1v) is 3.85. The summed E-state index contributed by atoms with van der Waals surface area (Å²) in [6, 6.07) is 0.0417. The summed E-state index contributed by atoms with van der Waals surface area (Å²) >= 11 is 0. The van der Waals surface area contributed by atoms with E-state index in [1.807, 2.05) is 0 Å². The first kappa shape index (κ1) is 6.00. The highest BCUT2D eigenvalue weighted by Gasteiger charge is 2.21. The highest BCUT2D eigenvalue weighted by Crippen LogP contribution is 1.91. The smallest absolute Gasteiger partial charge is 0.201 e. The van der Waals surface area contributed by atoms with E-state index in [4.69, 9.17) is 0 Å². The molecule has 0 aliphatic carbocycles. The van der Waals surface area contributed by atoms with Gasteiger partial charge < -0.3 is 0 Å². The van der Waals surface area contributed by atoms with Gasteiger partial charge in [-0.3, -0.25) is 0 Å². The lowest BCUT2D eigenvalue weighted by molar-refractivity contribution is 0.584. The molecule has 0 amide bonds. The van der Waals surface area contributed by atoms with Crippen LogP contribution in [0.2, 0.25) is 0 Å². The van der Waals surface area contributed by atoms with Crippen LogP contribution in [0.15, 0.2) is 0 Å². The molecule has 5 heteroatoms. The molecule has 0 radical (unpaired) electrons. The molecule has 1 rings (SSSR count). The molecule has 0 aromatic heterocycles. The van der Waals surface area contributed by atoms with E-state index in [1.165, 1.54) is 0 Å². The second-order valence-electron chi connectivity index (χ2n) is 1.87. The quantitative estimate of drug-likeness (QED) is 0.440. The summed E-state index contributed by atoms with van der Waals surface area (Å²) in [6.07, 6.45) is 0. The van der Waals surface area contributed by atoms with Gasteiger partial charge in [0, 0.05) is 12.6 Å². The van der Waals surface area contributed by atoms with E-state index in [2.05, 4.69) is 9.44 Å². The first-order chi connectivity index (χ1) is 3.60. The van der Waals surface area contributed by atoms with Crippen LogP contribution in [0.25, 0.3) is 0 Å². The van der Waals surface area contributed by atoms with Crippen molar-refractivity contribution < 1.29 is 8.42 Å². The molecule has 0 spiro atoms. The zero-order chi connectivity index (χ0) is 6.20. The van der Waals surface area contributed by atoms with Crippen LogP contribution in [0.1, 0.15) is 6.92 Å². The van der Waals surface area contributed by atoms with Gasteiger partial charge in [-0.2, -0.15) is 13.1 Å². The van der Waals surface area contributed by atoms with Crippen molar-refractivity contribution in [3.63, 3.8) is 0 Å². The molecule has 48 valence electrons. The van der Waals surface area contributed by atoms with Crippen LogP contribution in [0.3, 0.4) is 0 Å². The fraction of sp³-hybridized carbons (Fsp3) is 1.00. The molecule has 4 nitrogen and oxygen atoms in total. The lowest BCUT2D eigenvalue weighted by Crippen LogP contribution is -2.25. The van der Waals surface area contributed by atoms with Gasteiger partial charge in [-0.1, -0.05) is 0 Å². The van der Waals surface area contributed by atoms with Crippen molar-refractivity contribution in [3.05, 3.63) is 0 Å². The van der Waals surface area contributed by atoms with Crippen LogP contribution in [0.5, 0.6) is 0 Å². The summed E-state index contributed by atoms with van der Waals surface area (Å²) in [7, 11) is -3.10. The summed E-state index contributed by atoms with van der Waals surface area (Å²) in [5.41, 5.74) is 0. The van der Waals surface area contributed by atoms with Crippen molar-refractivity contribution in [2.45, 2.75) is 13.0 Å². The molecule has 2 N–H and O–H groups in total. The predicted molar refractivity (Wildman–Crippen MR) is 29.5 cm³/mol. The summed E-state index contributed by atoms with van der Waals surface area (Å²) in [5, 5.41) is 0. The van der Waals surface area contributed by atoms with E-state index in [0.29, 0.717) is 6.54 Å². The van der Waals surface area contributed by atoms with Gasteiger partial charge >= 0.3 is 0 Å². The third kappa shape index (κ3) is 1.18. The van der Waals surface area contributed by atoms with Gasteiger partial charge in [-0.05, 0) is 6.92 Å². The highest BCUT2D eigenvalue weighted by molar-refractivity contribution is 7.87. The average molecular weight is 136 g/mol. The van der Waals surface area contributed by atoms with Crippen LogP contribution in [0.4, 0.5) is 0 Å². The number of hydrogen-bond acceptors (Lipinski definition) is 2. The Kier molecular flexibility index (Phi) is 1.26. The van der Waals surface area contributed by atoms with E-state index in [-0.39, 0.29) is 6.04 Å². The normalized spacial score (nSPS) is 35.4. The van der Waals surface area contributed by atoms with Crippen molar-refractivity contribution in [2.24, 2.45) is 0 Å². The van der Waals surface area contributed by atoms with Crippen LogP contribution in [0, 0.1) is 0 Å². The van der Waals surface area contributed by atoms with Gasteiger partial charge in [0.05, 0.1) is 0 Å². The summed E-state index contributed by atoms with van der Waals surface area (Å²) in [4.78, 5) is 0. The topological polar surface area (TPSA) is 58.2 Å². The SMILES string of the molecule is C[C@@H]1CNS(=O)(=O)N1. The van der Waals surface area contributed by atoms with Gasteiger partial charge in [0.15, 0.2) is 0 Å². The molecule has 0 bridgehead atoms. The maximum Gasteiger partial charge on any atom is 0.277 e. The number of nitrogens with one attached hydrogen (secondary N) is 2. The molecular weight excluding hydrogens is 128 g/mol. The second-order valence-corrected chi connectivity index (χ2v) is 3.40. The van der Waals surface area contributed by atoms with E-state index in [9.17, 15) is 8.42 Å². The van der Waals surface area contributed by atoms with E-state index in [0.717, 1.165) is 0 Å². The van der Waals surface area contributed by atoms with Crippen molar-refractivity contribution >= 4 is 10.2 Å². The van der Waals surface area contributed by atoms with Crippen molar-refractivity contribution in [1.29, 1.82) is 0 Å². The molecule has 0 unspecified atom stereocenters. The average Bonchev–Trinajstić information content (AvgIpc) is 1.82. The van der Waals surface area contributed by atoms with Crippen LogP contribution in [-0.2, 0) is 10.2 Å². The monoisotopic (exact) mass is 136 g/mol. The minimum absolute atomic E-state index is 0.0417. The lowest BCUT2D eigenvalue weighted by atomic mass is 10.4. The van der Waals surface area contributed by atoms with Crippen LogP contribution < -0.4 is 9.44 Å². The van der Waals surface area contributed by atoms with Gasteiger partial charge in [0.1, 0.15) is 0 Å². The maximum atomic E-state index is 10.4. The molecule has 0 aromatic carbocycles. The molecule has 8 heavy (non-hydrogen) atoms. The highest BCUT2D eigenvalue weighted by atomic mass is 32.2. The Labute approximate surface area is 48.5 Å². The zero-order valence-corrected chi connectivity index (χ0v) is 5.33. The molecule has 1 atom stereocenters. The summed E-state index contributed by atoms with van der Waals surface area (Å²) in [5.74, 6) is 0. The van der Waals surface area contributed by atoms with E-state index in [1.54, 1.807) is 6.92 Å². The largest absolute Gasteiger partial charge is 0.277 e. The second kappa shape index (κ2) is 1.68. The van der Waals surface area contributed by atoms with Gasteiger partial charge in [-0.25, -0.2) is 4.72 Å². The Morgan fingerprint density at radius 3 is 2.38 bits per heavy atom. The Hall–Kier alpha value is -0.130. The molecule has 0 aromatic rings. The summed E-state index contributed by atoms with van der Waals surface area (Å²) < 4.78 is 25.5. The summed E-state index contributed by atoms with van der Waals surface area (Å²) in [6.45, 7) is 2.31. The Morgan fingerprint density at radius 2 is 2.25 bits per heavy atom. The van der Waals surface area contributed by atoms with Gasteiger partial charge in [0.25, 0.3) is 10.2 Å². The molecule has 1 saturated heterocycles. The van der Waals surface area contributed by atoms with Crippen LogP contribution in [-0.4, -0.2) is 21.0 Å². The minimum Gasteiger partial charge on any atom is -0.201 e. The Morgan fingerprint density at radius 1 is 1.62 bits per heavy atom. The van der Waals surface area contributed by atoms with Gasteiger partial charge in [0.2, 0.25) is 0 Å². The van der Waals surface area contributed by atoms with Crippen molar-refractivity contribution in [3.8, 4) is 0 Å². The van der Waals surface area contributed by atoms with Crippen LogP contribution >= 0.6 is 0 Å². The van der Waals surface area contributed by atoms with Crippen molar-refractivity contribution in [1.82, 2.24) is 9.44 Å². The molecule has 1 aliphatic heterocycles. The standard InChI is InChI=1S/C3H8N2O2S/c1-3-2-4-8(6,7)5-3/h3-5H,2H2,1H3/t3-/m1/s1. The Bertz CT molecular complexity index is 174. The minimum atomic E-state index is -3.10. The third-order valence-corrected chi connectivity index (χ3v) is 2.20. The first-order valence-electron chi connectivity index (χ1n) is 2.37.